The van der Waals surface area contributed by atoms with E-state index in [-0.39, 0.29) is 0 Å². The predicted octanol–water partition coefficient (Wildman–Crippen LogP) is 2.94. The highest BCUT2D eigenvalue weighted by atomic mass is 15.2. The minimum absolute atomic E-state index is 0.624. The molecule has 2 heteroatoms. The Balaban J connectivity index is 1.70. The Hall–Kier alpha value is -0.860. The zero-order valence-electron chi connectivity index (χ0n) is 12.6. The fraction of sp³-hybridized carbons (Fsp3) is 0.647. The highest BCUT2D eigenvalue weighted by Gasteiger charge is 2.23. The molecule has 0 bridgehead atoms. The van der Waals surface area contributed by atoms with Gasteiger partial charge in [0.25, 0.3) is 0 Å². The predicted molar refractivity (Wildman–Crippen MR) is 82.4 cm³/mol. The topological polar surface area (TPSA) is 15.3 Å². The van der Waals surface area contributed by atoms with Gasteiger partial charge in [0.2, 0.25) is 0 Å². The Bertz CT molecular complexity index is 361. The molecule has 2 rings (SSSR count). The van der Waals surface area contributed by atoms with Gasteiger partial charge in [-0.05, 0) is 37.8 Å². The largest absolute Gasteiger partial charge is 0.310 e. The summed E-state index contributed by atoms with van der Waals surface area (Å²) in [7, 11) is 0. The molecule has 1 heterocycles. The Morgan fingerprint density at radius 3 is 2.63 bits per heavy atom. The van der Waals surface area contributed by atoms with Crippen molar-refractivity contribution in [2.45, 2.75) is 45.7 Å². The second kappa shape index (κ2) is 7.06. The lowest BCUT2D eigenvalue weighted by atomic mass is 10.1. The van der Waals surface area contributed by atoms with Crippen molar-refractivity contribution in [2.75, 3.05) is 19.6 Å². The molecule has 0 spiro atoms. The maximum atomic E-state index is 3.76. The first-order valence-electron chi connectivity index (χ1n) is 7.67. The van der Waals surface area contributed by atoms with Crippen LogP contribution in [0.1, 0.15) is 32.8 Å². The highest BCUT2D eigenvalue weighted by Crippen LogP contribution is 2.13. The molecule has 0 aromatic heterocycles. The second-order valence-corrected chi connectivity index (χ2v) is 6.22. The summed E-state index contributed by atoms with van der Waals surface area (Å²) in [6.45, 7) is 10.5. The van der Waals surface area contributed by atoms with Gasteiger partial charge in [-0.3, -0.25) is 0 Å². The van der Waals surface area contributed by atoms with Gasteiger partial charge in [-0.15, -0.1) is 0 Å². The quantitative estimate of drug-likeness (QED) is 0.846. The van der Waals surface area contributed by atoms with Crippen LogP contribution < -0.4 is 5.32 Å². The summed E-state index contributed by atoms with van der Waals surface area (Å²) in [4.78, 5) is 2.59. The van der Waals surface area contributed by atoms with E-state index < -0.39 is 0 Å². The molecule has 1 aromatic rings. The molecule has 19 heavy (non-hydrogen) atoms. The van der Waals surface area contributed by atoms with Crippen molar-refractivity contribution >= 4 is 0 Å². The van der Waals surface area contributed by atoms with E-state index in [4.69, 9.17) is 0 Å². The van der Waals surface area contributed by atoms with Crippen molar-refractivity contribution in [1.29, 1.82) is 0 Å². The molecule has 0 aliphatic carbocycles. The highest BCUT2D eigenvalue weighted by molar-refractivity contribution is 5.14. The van der Waals surface area contributed by atoms with Crippen LogP contribution in [0.25, 0.3) is 0 Å². The minimum atomic E-state index is 0.624. The first-order valence-corrected chi connectivity index (χ1v) is 7.67. The Morgan fingerprint density at radius 2 is 1.95 bits per heavy atom. The zero-order chi connectivity index (χ0) is 13.7. The summed E-state index contributed by atoms with van der Waals surface area (Å²) in [5, 5.41) is 3.76. The van der Waals surface area contributed by atoms with Crippen molar-refractivity contribution in [3.05, 3.63) is 35.9 Å². The van der Waals surface area contributed by atoms with Crippen LogP contribution in [-0.2, 0) is 6.42 Å². The molecule has 0 saturated carbocycles. The van der Waals surface area contributed by atoms with Crippen molar-refractivity contribution < 1.29 is 0 Å². The van der Waals surface area contributed by atoms with Crippen LogP contribution >= 0.6 is 0 Å². The van der Waals surface area contributed by atoms with Gasteiger partial charge in [-0.25, -0.2) is 0 Å². The molecule has 1 aliphatic heterocycles. The summed E-state index contributed by atoms with van der Waals surface area (Å²) in [6, 6.07) is 12.1. The van der Waals surface area contributed by atoms with E-state index in [2.05, 4.69) is 61.3 Å². The zero-order valence-corrected chi connectivity index (χ0v) is 12.6. The molecule has 1 saturated heterocycles. The molecule has 2 atom stereocenters. The molecule has 2 nitrogen and oxygen atoms in total. The fourth-order valence-corrected chi connectivity index (χ4v) is 2.67. The number of hydrogen-bond acceptors (Lipinski definition) is 2. The van der Waals surface area contributed by atoms with Gasteiger partial charge in [0.05, 0.1) is 0 Å². The third-order valence-corrected chi connectivity index (χ3v) is 4.33. The number of benzene rings is 1. The third-order valence-electron chi connectivity index (χ3n) is 4.33. The number of hydrogen-bond donors (Lipinski definition) is 1. The van der Waals surface area contributed by atoms with E-state index >= 15 is 0 Å². The lowest BCUT2D eigenvalue weighted by Crippen LogP contribution is -2.41. The molecule has 0 radical (unpaired) electrons. The molecule has 1 aromatic carbocycles. The molecule has 1 aliphatic rings. The average molecular weight is 260 g/mol. The van der Waals surface area contributed by atoms with Crippen LogP contribution in [0.3, 0.4) is 0 Å². The summed E-state index contributed by atoms with van der Waals surface area (Å²) < 4.78 is 0. The number of nitrogens with one attached hydrogen (secondary N) is 1. The maximum Gasteiger partial charge on any atom is 0.0209 e. The van der Waals surface area contributed by atoms with Gasteiger partial charge in [0.1, 0.15) is 0 Å². The molecular weight excluding hydrogens is 232 g/mol. The Kier molecular flexibility index (Phi) is 5.41. The summed E-state index contributed by atoms with van der Waals surface area (Å²) in [5.74, 6) is 0.721. The van der Waals surface area contributed by atoms with Crippen molar-refractivity contribution in [2.24, 2.45) is 5.92 Å². The van der Waals surface area contributed by atoms with Gasteiger partial charge in [-0.2, -0.15) is 0 Å². The van der Waals surface area contributed by atoms with E-state index in [1.54, 1.807) is 0 Å². The van der Waals surface area contributed by atoms with Gasteiger partial charge in [-0.1, -0.05) is 44.2 Å². The lowest BCUT2D eigenvalue weighted by Gasteiger charge is -2.23. The van der Waals surface area contributed by atoms with Crippen LogP contribution in [0.4, 0.5) is 0 Å². The van der Waals surface area contributed by atoms with Crippen LogP contribution in [0.15, 0.2) is 30.3 Å². The smallest absolute Gasteiger partial charge is 0.0209 e. The fourth-order valence-electron chi connectivity index (χ4n) is 2.67. The monoisotopic (exact) mass is 260 g/mol. The van der Waals surface area contributed by atoms with E-state index in [1.165, 1.54) is 38.0 Å². The van der Waals surface area contributed by atoms with Crippen LogP contribution in [0.2, 0.25) is 0 Å². The molecule has 1 N–H and O–H groups in total. The van der Waals surface area contributed by atoms with Crippen LogP contribution in [0, 0.1) is 5.92 Å². The third kappa shape index (κ3) is 4.63. The standard InChI is InChI=1S/C17H28N2/c1-14(2)15(3)18-17-10-12-19(13-17)11-9-16-7-5-4-6-8-16/h4-8,14-15,17-18H,9-13H2,1-3H3. The molecular formula is C17H28N2. The molecule has 106 valence electrons. The number of nitrogens with zero attached hydrogens (tertiary/aromatic N) is 1. The second-order valence-electron chi connectivity index (χ2n) is 6.22. The normalized spacial score (nSPS) is 22.0. The Morgan fingerprint density at radius 1 is 1.21 bits per heavy atom. The average Bonchev–Trinajstić information content (AvgIpc) is 2.85. The van der Waals surface area contributed by atoms with Crippen molar-refractivity contribution in [3.63, 3.8) is 0 Å². The Labute approximate surface area is 118 Å². The first kappa shape index (κ1) is 14.5. The van der Waals surface area contributed by atoms with Crippen LogP contribution in [0.5, 0.6) is 0 Å². The van der Waals surface area contributed by atoms with E-state index in [1.807, 2.05) is 0 Å². The van der Waals surface area contributed by atoms with Gasteiger partial charge in [0, 0.05) is 25.2 Å². The summed E-state index contributed by atoms with van der Waals surface area (Å²) >= 11 is 0. The minimum Gasteiger partial charge on any atom is -0.310 e. The molecule has 0 amide bonds. The van der Waals surface area contributed by atoms with Gasteiger partial charge < -0.3 is 10.2 Å². The molecule has 2 unspecified atom stereocenters. The number of likely N-dealkylation sites (tertiary alicyclic amines) is 1. The van der Waals surface area contributed by atoms with E-state index in [9.17, 15) is 0 Å². The summed E-state index contributed by atoms with van der Waals surface area (Å²) in [6.07, 6.45) is 2.47. The SMILES string of the molecule is CC(C)C(C)NC1CCN(CCc2ccccc2)C1. The van der Waals surface area contributed by atoms with E-state index in [0.29, 0.717) is 12.1 Å². The van der Waals surface area contributed by atoms with Gasteiger partial charge in [0.15, 0.2) is 0 Å². The maximum absolute atomic E-state index is 3.76. The van der Waals surface area contributed by atoms with Gasteiger partial charge >= 0.3 is 0 Å². The lowest BCUT2D eigenvalue weighted by molar-refractivity contribution is 0.316. The van der Waals surface area contributed by atoms with E-state index in [0.717, 1.165) is 5.92 Å². The van der Waals surface area contributed by atoms with Crippen LogP contribution in [-0.4, -0.2) is 36.6 Å². The van der Waals surface area contributed by atoms with Crippen molar-refractivity contribution in [1.82, 2.24) is 10.2 Å². The summed E-state index contributed by atoms with van der Waals surface area (Å²) in [5.41, 5.74) is 1.45. The number of rotatable bonds is 6. The molecule has 1 fully saturated rings. The first-order chi connectivity index (χ1) is 9.15. The van der Waals surface area contributed by atoms with Crippen molar-refractivity contribution in [3.8, 4) is 0 Å².